The predicted molar refractivity (Wildman–Crippen MR) is 68.6 cm³/mol. The van der Waals surface area contributed by atoms with E-state index < -0.39 is 0 Å². The topological polar surface area (TPSA) is 58.4 Å². The third-order valence-electron chi connectivity index (χ3n) is 3.42. The van der Waals surface area contributed by atoms with Crippen LogP contribution in [-0.2, 0) is 4.79 Å². The molecule has 1 amide bonds. The molecule has 2 rings (SSSR count). The van der Waals surface area contributed by atoms with Crippen molar-refractivity contribution in [3.05, 3.63) is 29.8 Å². The van der Waals surface area contributed by atoms with E-state index in [4.69, 9.17) is 5.73 Å². The number of nitrogens with one attached hydrogen (secondary N) is 1. The smallest absolute Gasteiger partial charge is 0.224 e. The molecule has 1 aliphatic rings. The number of hydrogen-bond acceptors (Lipinski definition) is 3. The Labute approximate surface area is 102 Å². The number of likely N-dealkylation sites (tertiary alicyclic amines) is 1. The second-order valence-electron chi connectivity index (χ2n) is 4.72. The van der Waals surface area contributed by atoms with Gasteiger partial charge in [0.15, 0.2) is 0 Å². The van der Waals surface area contributed by atoms with E-state index >= 15 is 0 Å². The fraction of sp³-hybridized carbons (Fsp3) is 0.462. The first-order valence-electron chi connectivity index (χ1n) is 5.87. The number of likely N-dealkylation sites (N-methyl/N-ethyl adjacent to an activating group) is 1. The number of nitrogen functional groups attached to an aromatic ring is 1. The molecule has 1 aromatic rings. The molecule has 92 valence electrons. The van der Waals surface area contributed by atoms with Crippen LogP contribution < -0.4 is 11.1 Å². The predicted octanol–water partition coefficient (Wildman–Crippen LogP) is 0.660. The average Bonchev–Trinajstić information content (AvgIpc) is 2.70. The summed E-state index contributed by atoms with van der Waals surface area (Å²) in [5, 5.41) is 2.74. The molecule has 0 radical (unpaired) electrons. The first-order valence-corrected chi connectivity index (χ1v) is 5.87. The third kappa shape index (κ3) is 2.42. The lowest BCUT2D eigenvalue weighted by Gasteiger charge is -2.17. The van der Waals surface area contributed by atoms with Gasteiger partial charge in [-0.25, -0.2) is 0 Å². The second-order valence-corrected chi connectivity index (χ2v) is 4.72. The van der Waals surface area contributed by atoms with Gasteiger partial charge in [0.1, 0.15) is 0 Å². The monoisotopic (exact) mass is 233 g/mol. The Morgan fingerprint density at radius 2 is 2.24 bits per heavy atom. The van der Waals surface area contributed by atoms with E-state index in [0.717, 1.165) is 24.3 Å². The Hall–Kier alpha value is -1.55. The molecule has 1 aromatic carbocycles. The van der Waals surface area contributed by atoms with Gasteiger partial charge in [-0.05, 0) is 24.7 Å². The second kappa shape index (κ2) is 4.75. The molecule has 3 N–H and O–H groups in total. The summed E-state index contributed by atoms with van der Waals surface area (Å²) in [4.78, 5) is 14.0. The molecule has 4 nitrogen and oxygen atoms in total. The number of amides is 1. The number of carbonyl (C=O) groups excluding carboxylic acids is 1. The number of rotatable bonds is 2. The maximum Gasteiger partial charge on any atom is 0.224 e. The first kappa shape index (κ1) is 11.9. The van der Waals surface area contributed by atoms with Crippen molar-refractivity contribution in [2.45, 2.75) is 5.92 Å². The molecule has 1 fully saturated rings. The largest absolute Gasteiger partial charge is 0.399 e. The highest BCUT2D eigenvalue weighted by Crippen LogP contribution is 2.32. The van der Waals surface area contributed by atoms with Crippen molar-refractivity contribution in [1.82, 2.24) is 10.2 Å². The highest BCUT2D eigenvalue weighted by molar-refractivity contribution is 5.80. The number of nitrogens with zero attached hydrogens (tertiary/aromatic N) is 1. The van der Waals surface area contributed by atoms with E-state index in [2.05, 4.69) is 16.3 Å². The van der Waals surface area contributed by atoms with Gasteiger partial charge >= 0.3 is 0 Å². The van der Waals surface area contributed by atoms with Crippen molar-refractivity contribution >= 4 is 11.6 Å². The van der Waals surface area contributed by atoms with Gasteiger partial charge in [0.25, 0.3) is 0 Å². The molecular weight excluding hydrogens is 214 g/mol. The van der Waals surface area contributed by atoms with Gasteiger partial charge < -0.3 is 16.0 Å². The SMILES string of the molecule is CNC(=O)[C@H]1CN(C)C[C@H]1c1cccc(N)c1. The summed E-state index contributed by atoms with van der Waals surface area (Å²) in [7, 11) is 3.74. The molecule has 0 unspecified atom stereocenters. The van der Waals surface area contributed by atoms with Crippen molar-refractivity contribution in [2.75, 3.05) is 32.9 Å². The summed E-state index contributed by atoms with van der Waals surface area (Å²) in [5.74, 6) is 0.372. The summed E-state index contributed by atoms with van der Waals surface area (Å²) in [6.07, 6.45) is 0. The molecule has 1 aliphatic heterocycles. The summed E-state index contributed by atoms with van der Waals surface area (Å²) in [6.45, 7) is 1.71. The molecule has 0 saturated carbocycles. The Kier molecular flexibility index (Phi) is 3.33. The highest BCUT2D eigenvalue weighted by atomic mass is 16.1. The van der Waals surface area contributed by atoms with Crippen molar-refractivity contribution < 1.29 is 4.79 Å². The number of anilines is 1. The zero-order valence-electron chi connectivity index (χ0n) is 10.3. The lowest BCUT2D eigenvalue weighted by atomic mass is 9.88. The molecule has 17 heavy (non-hydrogen) atoms. The van der Waals surface area contributed by atoms with Crippen LogP contribution in [-0.4, -0.2) is 38.0 Å². The van der Waals surface area contributed by atoms with E-state index in [1.54, 1.807) is 7.05 Å². The van der Waals surface area contributed by atoms with Crippen LogP contribution in [0.1, 0.15) is 11.5 Å². The van der Waals surface area contributed by atoms with Gasteiger partial charge in [0, 0.05) is 31.7 Å². The molecule has 2 atom stereocenters. The third-order valence-corrected chi connectivity index (χ3v) is 3.42. The highest BCUT2D eigenvalue weighted by Gasteiger charge is 2.36. The van der Waals surface area contributed by atoms with Gasteiger partial charge in [-0.1, -0.05) is 12.1 Å². The van der Waals surface area contributed by atoms with Crippen LogP contribution in [0.3, 0.4) is 0 Å². The molecule has 1 saturated heterocycles. The van der Waals surface area contributed by atoms with Gasteiger partial charge in [-0.2, -0.15) is 0 Å². The molecule has 1 heterocycles. The fourth-order valence-electron chi connectivity index (χ4n) is 2.58. The average molecular weight is 233 g/mol. The number of carbonyl (C=O) groups is 1. The Balaban J connectivity index is 2.26. The van der Waals surface area contributed by atoms with Gasteiger partial charge in [-0.3, -0.25) is 4.79 Å². The minimum Gasteiger partial charge on any atom is -0.399 e. The van der Waals surface area contributed by atoms with Gasteiger partial charge in [0.05, 0.1) is 5.92 Å². The Morgan fingerprint density at radius 1 is 1.47 bits per heavy atom. The van der Waals surface area contributed by atoms with Crippen LogP contribution in [0.5, 0.6) is 0 Å². The molecule has 0 bridgehead atoms. The zero-order chi connectivity index (χ0) is 12.4. The van der Waals surface area contributed by atoms with E-state index in [9.17, 15) is 4.79 Å². The lowest BCUT2D eigenvalue weighted by molar-refractivity contribution is -0.124. The Bertz CT molecular complexity index is 419. The molecular formula is C13H19N3O. The van der Waals surface area contributed by atoms with E-state index in [0.29, 0.717) is 0 Å². The fourth-order valence-corrected chi connectivity index (χ4v) is 2.58. The standard InChI is InChI=1S/C13H19N3O/c1-15-13(17)12-8-16(2)7-11(12)9-4-3-5-10(14)6-9/h3-6,11-12H,7-8,14H2,1-2H3,(H,15,17)/t11-,12-/m0/s1. The summed E-state index contributed by atoms with van der Waals surface area (Å²) >= 11 is 0. The van der Waals surface area contributed by atoms with Gasteiger partial charge in [-0.15, -0.1) is 0 Å². The molecule has 0 aliphatic carbocycles. The van der Waals surface area contributed by atoms with Crippen LogP contribution >= 0.6 is 0 Å². The minimum atomic E-state index is 0.0202. The maximum absolute atomic E-state index is 11.9. The van der Waals surface area contributed by atoms with Crippen molar-refractivity contribution in [3.8, 4) is 0 Å². The van der Waals surface area contributed by atoms with Crippen LogP contribution in [0.4, 0.5) is 5.69 Å². The lowest BCUT2D eigenvalue weighted by Crippen LogP contribution is -2.31. The molecule has 0 spiro atoms. The summed E-state index contributed by atoms with van der Waals surface area (Å²) < 4.78 is 0. The zero-order valence-corrected chi connectivity index (χ0v) is 10.3. The van der Waals surface area contributed by atoms with E-state index in [-0.39, 0.29) is 17.7 Å². The first-order chi connectivity index (χ1) is 8.11. The molecule has 4 heteroatoms. The van der Waals surface area contributed by atoms with Crippen LogP contribution in [0.2, 0.25) is 0 Å². The maximum atomic E-state index is 11.9. The van der Waals surface area contributed by atoms with Crippen molar-refractivity contribution in [2.24, 2.45) is 5.92 Å². The summed E-state index contributed by atoms with van der Waals surface area (Å²) in [6, 6.07) is 7.84. The quantitative estimate of drug-likeness (QED) is 0.738. The molecule has 0 aromatic heterocycles. The Morgan fingerprint density at radius 3 is 2.88 bits per heavy atom. The normalized spacial score (nSPS) is 24.8. The number of nitrogens with two attached hydrogens (primary N) is 1. The minimum absolute atomic E-state index is 0.0202. The van der Waals surface area contributed by atoms with E-state index in [1.807, 2.05) is 25.2 Å². The van der Waals surface area contributed by atoms with Crippen molar-refractivity contribution in [1.29, 1.82) is 0 Å². The van der Waals surface area contributed by atoms with Crippen LogP contribution in [0.25, 0.3) is 0 Å². The summed E-state index contributed by atoms with van der Waals surface area (Å²) in [5.41, 5.74) is 7.71. The van der Waals surface area contributed by atoms with Gasteiger partial charge in [0.2, 0.25) is 5.91 Å². The van der Waals surface area contributed by atoms with E-state index in [1.165, 1.54) is 0 Å². The number of hydrogen-bond donors (Lipinski definition) is 2. The van der Waals surface area contributed by atoms with Crippen molar-refractivity contribution in [3.63, 3.8) is 0 Å². The van der Waals surface area contributed by atoms with Crippen LogP contribution in [0, 0.1) is 5.92 Å². The number of benzene rings is 1. The van der Waals surface area contributed by atoms with Crippen LogP contribution in [0.15, 0.2) is 24.3 Å².